The van der Waals surface area contributed by atoms with Gasteiger partial charge in [0.2, 0.25) is 17.8 Å². The monoisotopic (exact) mass is 1100 g/mol. The van der Waals surface area contributed by atoms with E-state index < -0.39 is 61.8 Å². The Labute approximate surface area is 408 Å². The maximum atomic E-state index is 11.8. The van der Waals surface area contributed by atoms with Crippen LogP contribution >= 0.6 is 46.4 Å². The second-order valence-corrected chi connectivity index (χ2v) is 21.2. The number of hydrogen-bond donors (Lipinski definition) is 7. The molecule has 0 unspecified atom stereocenters. The Kier molecular flexibility index (Phi) is 18.2. The first-order chi connectivity index (χ1) is 31.8. The molecule has 0 radical (unpaired) electrons. The van der Waals surface area contributed by atoms with Crippen LogP contribution in [-0.2, 0) is 40.5 Å². The number of rotatable bonds is 23. The van der Waals surface area contributed by atoms with Crippen LogP contribution < -0.4 is 25.4 Å². The van der Waals surface area contributed by atoms with Crippen LogP contribution in [0.4, 0.5) is 52.0 Å². The molecule has 366 valence electrons. The molecule has 0 atom stereocenters. The summed E-state index contributed by atoms with van der Waals surface area (Å²) in [5.41, 5.74) is 0.0153. The van der Waals surface area contributed by atoms with E-state index in [1.54, 1.807) is 0 Å². The number of aromatic nitrogens is 3. The Hall–Kier alpha value is -5.11. The SMILES string of the molecule is CCCNc1nc(Nc2cc(Cl)c(N=Nc3ccc(Cl)c(S(=O)(=O)O)c3)cc2OCCCS(=O)(=O)O)nc(Nc2cc(Cl)c(N=Nc3ccc(Cl)c(S(=O)(=O)O)c3)cc2OCCCS(=O)(=O)O)n1. The average molecular weight is 1100 g/mol. The summed E-state index contributed by atoms with van der Waals surface area (Å²) in [5.74, 6) is -1.58. The second kappa shape index (κ2) is 23.0. The van der Waals surface area contributed by atoms with Crippen LogP contribution in [0.2, 0.25) is 20.1 Å². The normalized spacial score (nSPS) is 12.4. The van der Waals surface area contributed by atoms with E-state index in [1.165, 1.54) is 48.5 Å². The van der Waals surface area contributed by atoms with Crippen molar-refractivity contribution in [1.29, 1.82) is 0 Å². The highest BCUT2D eigenvalue weighted by molar-refractivity contribution is 7.86. The summed E-state index contributed by atoms with van der Waals surface area (Å²) in [6.07, 6.45) is 0.313. The Balaban J connectivity index is 1.53. The fourth-order valence-electron chi connectivity index (χ4n) is 5.29. The van der Waals surface area contributed by atoms with Crippen LogP contribution in [0.15, 0.2) is 90.9 Å². The summed E-state index contributed by atoms with van der Waals surface area (Å²) < 4.78 is 142. The lowest BCUT2D eigenvalue weighted by molar-refractivity contribution is 0.317. The summed E-state index contributed by atoms with van der Waals surface area (Å²) in [7, 11) is -18.1. The van der Waals surface area contributed by atoms with Gasteiger partial charge in [0.15, 0.2) is 0 Å². The molecule has 24 nitrogen and oxygen atoms in total. The van der Waals surface area contributed by atoms with Gasteiger partial charge >= 0.3 is 0 Å². The Morgan fingerprint density at radius 2 is 0.941 bits per heavy atom. The number of hydrogen-bond acceptors (Lipinski definition) is 20. The van der Waals surface area contributed by atoms with Crippen molar-refractivity contribution >= 4 is 139 Å². The molecule has 7 N–H and O–H groups in total. The van der Waals surface area contributed by atoms with Gasteiger partial charge in [-0.15, -0.1) is 10.2 Å². The average Bonchev–Trinajstić information content (AvgIpc) is 3.23. The number of anilines is 5. The number of ether oxygens (including phenoxy) is 2. The van der Waals surface area contributed by atoms with Gasteiger partial charge in [-0.25, -0.2) is 0 Å². The number of azo groups is 2. The molecule has 0 aliphatic rings. The third-order valence-corrected chi connectivity index (χ3v) is 13.2. The summed E-state index contributed by atoms with van der Waals surface area (Å²) in [5, 5.41) is 24.4. The van der Waals surface area contributed by atoms with Crippen molar-refractivity contribution in [2.45, 2.75) is 36.0 Å². The van der Waals surface area contributed by atoms with Crippen LogP contribution in [0, 0.1) is 0 Å². The van der Waals surface area contributed by atoms with Crippen molar-refractivity contribution < 1.29 is 61.4 Å². The van der Waals surface area contributed by atoms with E-state index in [4.69, 9.17) is 55.9 Å². The van der Waals surface area contributed by atoms with Crippen molar-refractivity contribution in [1.82, 2.24) is 15.0 Å². The fraction of sp³-hybridized carbons (Fsp3) is 0.250. The van der Waals surface area contributed by atoms with E-state index >= 15 is 0 Å². The first-order valence-corrected chi connectivity index (χ1v) is 26.6. The van der Waals surface area contributed by atoms with Crippen LogP contribution in [-0.4, -0.2) is 98.1 Å². The maximum Gasteiger partial charge on any atom is 0.296 e. The van der Waals surface area contributed by atoms with E-state index in [9.17, 15) is 51.9 Å². The van der Waals surface area contributed by atoms with Crippen molar-refractivity contribution in [3.8, 4) is 11.5 Å². The topological polar surface area (TPSA) is 360 Å². The highest BCUT2D eigenvalue weighted by Crippen LogP contribution is 2.41. The third kappa shape index (κ3) is 16.5. The number of nitrogens with zero attached hydrogens (tertiary/aromatic N) is 7. The molecule has 0 amide bonds. The molecule has 0 aliphatic carbocycles. The first-order valence-electron chi connectivity index (χ1n) is 19.0. The summed E-state index contributed by atoms with van der Waals surface area (Å²) in [4.78, 5) is 12.0. The lowest BCUT2D eigenvalue weighted by Gasteiger charge is -2.17. The lowest BCUT2D eigenvalue weighted by Crippen LogP contribution is -2.12. The van der Waals surface area contributed by atoms with Crippen molar-refractivity contribution in [2.24, 2.45) is 20.5 Å². The largest absolute Gasteiger partial charge is 0.491 e. The van der Waals surface area contributed by atoms with E-state index in [0.29, 0.717) is 13.0 Å². The quantitative estimate of drug-likeness (QED) is 0.0182. The zero-order chi connectivity index (χ0) is 50.0. The molecular weight excluding hydrogens is 1070 g/mol. The molecule has 68 heavy (non-hydrogen) atoms. The van der Waals surface area contributed by atoms with Crippen molar-refractivity contribution in [3.63, 3.8) is 0 Å². The predicted octanol–water partition coefficient (Wildman–Crippen LogP) is 9.43. The molecule has 0 bridgehead atoms. The molecule has 0 spiro atoms. The van der Waals surface area contributed by atoms with Crippen LogP contribution in [0.1, 0.15) is 26.2 Å². The van der Waals surface area contributed by atoms with Gasteiger partial charge in [-0.05, 0) is 67.8 Å². The highest BCUT2D eigenvalue weighted by Gasteiger charge is 2.20. The van der Waals surface area contributed by atoms with Gasteiger partial charge < -0.3 is 25.4 Å². The van der Waals surface area contributed by atoms with E-state index in [2.05, 4.69) is 51.4 Å². The molecule has 1 heterocycles. The summed E-state index contributed by atoms with van der Waals surface area (Å²) >= 11 is 25.0. The van der Waals surface area contributed by atoms with Crippen LogP contribution in [0.5, 0.6) is 11.5 Å². The van der Waals surface area contributed by atoms with Gasteiger partial charge in [-0.2, -0.15) is 58.9 Å². The highest BCUT2D eigenvalue weighted by atomic mass is 35.5. The maximum absolute atomic E-state index is 11.8. The van der Waals surface area contributed by atoms with E-state index in [0.717, 1.165) is 12.1 Å². The molecule has 5 rings (SSSR count). The predicted molar refractivity (Wildman–Crippen MR) is 252 cm³/mol. The van der Waals surface area contributed by atoms with Gasteiger partial charge in [-0.1, -0.05) is 53.3 Å². The zero-order valence-electron chi connectivity index (χ0n) is 34.6. The molecule has 4 aromatic carbocycles. The molecule has 0 saturated heterocycles. The molecule has 0 aliphatic heterocycles. The zero-order valence-corrected chi connectivity index (χ0v) is 40.9. The van der Waals surface area contributed by atoms with Crippen molar-refractivity contribution in [2.75, 3.05) is 47.2 Å². The van der Waals surface area contributed by atoms with Gasteiger partial charge in [0.1, 0.15) is 32.7 Å². The minimum Gasteiger partial charge on any atom is -0.491 e. The lowest BCUT2D eigenvalue weighted by atomic mass is 10.2. The second-order valence-electron chi connectivity index (χ2n) is 13.6. The molecule has 5 aromatic rings. The van der Waals surface area contributed by atoms with Gasteiger partial charge in [0.05, 0.1) is 67.6 Å². The van der Waals surface area contributed by atoms with Gasteiger partial charge in [-0.3, -0.25) is 18.2 Å². The molecule has 32 heteroatoms. The number of benzene rings is 4. The minimum atomic E-state index is -4.72. The first kappa shape index (κ1) is 53.8. The number of nitrogens with one attached hydrogen (secondary N) is 3. The van der Waals surface area contributed by atoms with E-state index in [1.807, 2.05) is 6.92 Å². The Bertz CT molecular complexity index is 3010. The smallest absolute Gasteiger partial charge is 0.296 e. The molecular formula is C36H36Cl4N10O14S4. The third-order valence-electron chi connectivity index (χ3n) is 8.30. The van der Waals surface area contributed by atoms with Gasteiger partial charge in [0, 0.05) is 18.7 Å². The molecule has 0 fully saturated rings. The standard InChI is InChI=1S/C36H36Cl4N10O14S4/c1-2-9-41-34-44-35(42-28-16-24(39)26(18-30(28)63-10-3-12-65(51,52)53)49-47-20-5-7-22(37)32(14-20)67(57,58)59)46-36(45-34)43-29-17-25(40)27(19-31(29)64-11-4-13-66(54,55)56)50-48-21-6-8-23(38)33(15-21)68(60,61)62/h5-8,14-19H,2-4,9-13H2,1H3,(H,51,52,53)(H,54,55,56)(H,57,58,59)(H,60,61,62)(H3,41,42,43,44,45,46). The van der Waals surface area contributed by atoms with Crippen LogP contribution in [0.25, 0.3) is 0 Å². The minimum absolute atomic E-state index is 0.0173. The van der Waals surface area contributed by atoms with Crippen LogP contribution in [0.3, 0.4) is 0 Å². The Morgan fingerprint density at radius 1 is 0.544 bits per heavy atom. The number of halogens is 4. The van der Waals surface area contributed by atoms with E-state index in [-0.39, 0.29) is 110 Å². The van der Waals surface area contributed by atoms with Crippen molar-refractivity contribution in [3.05, 3.63) is 80.8 Å². The Morgan fingerprint density at radius 3 is 1.31 bits per heavy atom. The fourth-order valence-corrected chi connectivity index (χ4v) is 8.65. The molecule has 0 saturated carbocycles. The summed E-state index contributed by atoms with van der Waals surface area (Å²) in [6, 6.07) is 12.2. The van der Waals surface area contributed by atoms with Gasteiger partial charge in [0.25, 0.3) is 40.5 Å². The molecule has 1 aromatic heterocycles. The summed E-state index contributed by atoms with van der Waals surface area (Å²) in [6.45, 7) is 1.75.